The lowest BCUT2D eigenvalue weighted by atomic mass is 10.2. The summed E-state index contributed by atoms with van der Waals surface area (Å²) in [6.07, 6.45) is -0.184. The fraction of sp³-hybridized carbons (Fsp3) is 0.100. The molecule has 0 unspecified atom stereocenters. The number of amides is 1. The summed E-state index contributed by atoms with van der Waals surface area (Å²) in [6, 6.07) is 13.4. The van der Waals surface area contributed by atoms with Crippen LogP contribution >= 0.6 is 0 Å². The van der Waals surface area contributed by atoms with Crippen LogP contribution < -0.4 is 16.2 Å². The Morgan fingerprint density at radius 3 is 2.72 bits per heavy atom. The van der Waals surface area contributed by atoms with E-state index in [0.29, 0.717) is 22.5 Å². The minimum Gasteiger partial charge on any atom is -0.508 e. The van der Waals surface area contributed by atoms with Crippen molar-refractivity contribution < 1.29 is 14.6 Å². The molecular formula is C20H17N5O4. The van der Waals surface area contributed by atoms with Crippen LogP contribution in [0.4, 0.5) is 0 Å². The monoisotopic (exact) mass is 391 g/mol. The molecule has 9 nitrogen and oxygen atoms in total. The van der Waals surface area contributed by atoms with E-state index in [1.54, 1.807) is 36.4 Å². The Balaban J connectivity index is 2.06. The lowest BCUT2D eigenvalue weighted by Gasteiger charge is -2.10. The topological polar surface area (TPSA) is 136 Å². The van der Waals surface area contributed by atoms with Crippen molar-refractivity contribution in [1.29, 1.82) is 0 Å². The lowest BCUT2D eigenvalue weighted by molar-refractivity contribution is -0.117. The summed E-state index contributed by atoms with van der Waals surface area (Å²) >= 11 is 0. The molecule has 0 atom stereocenters. The van der Waals surface area contributed by atoms with E-state index in [0.717, 1.165) is 0 Å². The van der Waals surface area contributed by atoms with Gasteiger partial charge in [-0.3, -0.25) is 4.79 Å². The molecule has 29 heavy (non-hydrogen) atoms. The number of hydrogen-bond donors (Lipinski definition) is 3. The summed E-state index contributed by atoms with van der Waals surface area (Å²) in [6.45, 7) is 0. The van der Waals surface area contributed by atoms with Crippen LogP contribution in [0.2, 0.25) is 0 Å². The average Bonchev–Trinajstić information content (AvgIpc) is 3.03. The smallest absolute Gasteiger partial charge is 0.332 e. The molecule has 146 valence electrons. The first kappa shape index (κ1) is 18.2. The van der Waals surface area contributed by atoms with Gasteiger partial charge in [-0.2, -0.15) is 0 Å². The standard InChI is InChI=1S/C20H17N5O4/c1-29-15-8-3-2-7-14(15)25-19-17(23-20(25)28)13(10-16(21)27)22-18(24-19)11-5-4-6-12(26)9-11/h2-9,26H,10H2,1H3,(H2,21,27)(H,23,28). The van der Waals surface area contributed by atoms with E-state index in [9.17, 15) is 14.7 Å². The summed E-state index contributed by atoms with van der Waals surface area (Å²) in [5.74, 6) is 0.161. The Kier molecular flexibility index (Phi) is 4.47. The van der Waals surface area contributed by atoms with Crippen molar-refractivity contribution in [1.82, 2.24) is 19.5 Å². The van der Waals surface area contributed by atoms with Gasteiger partial charge < -0.3 is 20.6 Å². The molecule has 0 bridgehead atoms. The van der Waals surface area contributed by atoms with E-state index in [-0.39, 0.29) is 29.3 Å². The number of para-hydroxylation sites is 2. The molecule has 1 amide bonds. The number of hydrogen-bond acceptors (Lipinski definition) is 6. The van der Waals surface area contributed by atoms with Gasteiger partial charge in [0.15, 0.2) is 11.5 Å². The van der Waals surface area contributed by atoms with Crippen molar-refractivity contribution in [2.45, 2.75) is 6.42 Å². The second kappa shape index (κ2) is 7.12. The van der Waals surface area contributed by atoms with Gasteiger partial charge in [0.1, 0.15) is 17.0 Å². The number of phenols is 1. The predicted molar refractivity (Wildman–Crippen MR) is 106 cm³/mol. The van der Waals surface area contributed by atoms with Crippen molar-refractivity contribution in [2.75, 3.05) is 7.11 Å². The molecule has 0 radical (unpaired) electrons. The van der Waals surface area contributed by atoms with Crippen LogP contribution in [0.25, 0.3) is 28.2 Å². The third-order valence-corrected chi connectivity index (χ3v) is 4.38. The minimum absolute atomic E-state index is 0.0406. The van der Waals surface area contributed by atoms with E-state index in [2.05, 4.69) is 15.0 Å². The highest BCUT2D eigenvalue weighted by Crippen LogP contribution is 2.27. The van der Waals surface area contributed by atoms with E-state index < -0.39 is 11.6 Å². The van der Waals surface area contributed by atoms with Gasteiger partial charge in [-0.15, -0.1) is 0 Å². The number of ether oxygens (including phenoxy) is 1. The molecule has 0 saturated heterocycles. The molecule has 2 aromatic carbocycles. The summed E-state index contributed by atoms with van der Waals surface area (Å²) in [7, 11) is 1.50. The quantitative estimate of drug-likeness (QED) is 0.472. The first-order chi connectivity index (χ1) is 14.0. The molecule has 4 rings (SSSR count). The molecule has 0 spiro atoms. The normalized spacial score (nSPS) is 10.9. The number of benzene rings is 2. The Morgan fingerprint density at radius 1 is 1.21 bits per heavy atom. The number of nitrogens with one attached hydrogen (secondary N) is 1. The highest BCUT2D eigenvalue weighted by Gasteiger charge is 2.20. The first-order valence-corrected chi connectivity index (χ1v) is 8.70. The fourth-order valence-electron chi connectivity index (χ4n) is 3.15. The van der Waals surface area contributed by atoms with Gasteiger partial charge in [0, 0.05) is 5.56 Å². The second-order valence-electron chi connectivity index (χ2n) is 6.32. The Labute approximate surface area is 164 Å². The number of H-pyrrole nitrogens is 1. The zero-order valence-electron chi connectivity index (χ0n) is 15.4. The highest BCUT2D eigenvalue weighted by atomic mass is 16.5. The highest BCUT2D eigenvalue weighted by molar-refractivity contribution is 5.84. The number of primary amides is 1. The molecule has 9 heteroatoms. The number of nitrogens with two attached hydrogens (primary N) is 1. The van der Waals surface area contributed by atoms with E-state index in [1.165, 1.54) is 23.8 Å². The van der Waals surface area contributed by atoms with Gasteiger partial charge >= 0.3 is 5.69 Å². The largest absolute Gasteiger partial charge is 0.508 e. The van der Waals surface area contributed by atoms with Crippen LogP contribution in [0.15, 0.2) is 53.3 Å². The summed E-state index contributed by atoms with van der Waals surface area (Å²) in [4.78, 5) is 36.0. The number of rotatable bonds is 5. The number of aromatic nitrogens is 4. The predicted octanol–water partition coefficient (Wildman–Crippen LogP) is 1.52. The molecule has 2 heterocycles. The van der Waals surface area contributed by atoms with E-state index in [1.807, 2.05) is 0 Å². The zero-order chi connectivity index (χ0) is 20.5. The van der Waals surface area contributed by atoms with Crippen molar-refractivity contribution in [3.8, 4) is 28.6 Å². The van der Waals surface area contributed by atoms with Crippen LogP contribution in [0, 0.1) is 0 Å². The first-order valence-electron chi connectivity index (χ1n) is 8.70. The van der Waals surface area contributed by atoms with E-state index >= 15 is 0 Å². The maximum absolute atomic E-state index is 12.8. The van der Waals surface area contributed by atoms with Crippen LogP contribution in [0.5, 0.6) is 11.5 Å². The third kappa shape index (κ3) is 3.29. The number of aromatic amines is 1. The number of methoxy groups -OCH3 is 1. The number of carbonyl (C=O) groups is 1. The van der Waals surface area contributed by atoms with Crippen LogP contribution in [-0.2, 0) is 11.2 Å². The maximum atomic E-state index is 12.8. The number of nitrogens with zero attached hydrogens (tertiary/aromatic N) is 3. The summed E-state index contributed by atoms with van der Waals surface area (Å²) in [5, 5.41) is 9.80. The fourth-order valence-corrected chi connectivity index (χ4v) is 3.15. The molecular weight excluding hydrogens is 374 g/mol. The zero-order valence-corrected chi connectivity index (χ0v) is 15.4. The van der Waals surface area contributed by atoms with Gasteiger partial charge in [-0.05, 0) is 24.3 Å². The number of fused-ring (bicyclic) bond motifs is 1. The van der Waals surface area contributed by atoms with Gasteiger partial charge in [-0.25, -0.2) is 19.3 Å². The van der Waals surface area contributed by atoms with Crippen LogP contribution in [0.1, 0.15) is 5.69 Å². The Hall–Kier alpha value is -4.14. The number of carbonyl (C=O) groups excluding carboxylic acids is 1. The van der Waals surface area contributed by atoms with Gasteiger partial charge in [-0.1, -0.05) is 24.3 Å². The number of phenolic OH excluding ortho intramolecular Hbond substituents is 1. The number of aromatic hydroxyl groups is 1. The second-order valence-corrected chi connectivity index (χ2v) is 6.32. The van der Waals surface area contributed by atoms with Crippen LogP contribution in [0.3, 0.4) is 0 Å². The van der Waals surface area contributed by atoms with Crippen molar-refractivity contribution in [2.24, 2.45) is 5.73 Å². The van der Waals surface area contributed by atoms with Crippen LogP contribution in [-0.4, -0.2) is 37.6 Å². The lowest BCUT2D eigenvalue weighted by Crippen LogP contribution is -2.16. The molecule has 0 aliphatic carbocycles. The average molecular weight is 391 g/mol. The molecule has 0 saturated carbocycles. The van der Waals surface area contributed by atoms with Gasteiger partial charge in [0.05, 0.1) is 24.9 Å². The van der Waals surface area contributed by atoms with Gasteiger partial charge in [0.25, 0.3) is 0 Å². The molecule has 0 aliphatic heterocycles. The summed E-state index contributed by atoms with van der Waals surface area (Å²) < 4.78 is 6.73. The molecule has 4 aromatic rings. The SMILES string of the molecule is COc1ccccc1-n1c(=O)[nH]c2c(CC(N)=O)nc(-c3cccc(O)c3)nc21. The Bertz CT molecular complexity index is 1290. The van der Waals surface area contributed by atoms with Gasteiger partial charge in [0.2, 0.25) is 5.91 Å². The molecule has 2 aromatic heterocycles. The molecule has 0 aliphatic rings. The van der Waals surface area contributed by atoms with E-state index in [4.69, 9.17) is 10.5 Å². The maximum Gasteiger partial charge on any atom is 0.332 e. The third-order valence-electron chi connectivity index (χ3n) is 4.38. The summed E-state index contributed by atoms with van der Waals surface area (Å²) in [5.41, 5.74) is 6.78. The molecule has 4 N–H and O–H groups in total. The number of imidazole rings is 1. The molecule has 0 fully saturated rings. The van der Waals surface area contributed by atoms with Crippen molar-refractivity contribution in [3.05, 3.63) is 64.7 Å². The van der Waals surface area contributed by atoms with Crippen molar-refractivity contribution in [3.63, 3.8) is 0 Å². The Morgan fingerprint density at radius 2 is 2.00 bits per heavy atom. The minimum atomic E-state index is -0.599. The van der Waals surface area contributed by atoms with Crippen molar-refractivity contribution >= 4 is 17.1 Å².